The van der Waals surface area contributed by atoms with Crippen LogP contribution in [-0.4, -0.2) is 34.7 Å². The minimum absolute atomic E-state index is 0.0280. The number of nitrogens with one attached hydrogen (secondary N) is 1. The number of rotatable bonds is 6. The van der Waals surface area contributed by atoms with E-state index in [-0.39, 0.29) is 18.9 Å². The second kappa shape index (κ2) is 7.15. The van der Waals surface area contributed by atoms with Gasteiger partial charge in [0.05, 0.1) is 4.34 Å². The highest BCUT2D eigenvalue weighted by Gasteiger charge is 2.12. The number of hydrogen-bond donors (Lipinski definition) is 3. The number of aliphatic carboxylic acids is 1. The van der Waals surface area contributed by atoms with Crippen molar-refractivity contribution in [3.63, 3.8) is 0 Å². The molecule has 0 aromatic carbocycles. The molecule has 0 radical (unpaired) electrons. The Kier molecular flexibility index (Phi) is 5.84. The molecule has 1 atom stereocenters. The van der Waals surface area contributed by atoms with E-state index in [1.165, 1.54) is 17.4 Å². The summed E-state index contributed by atoms with van der Waals surface area (Å²) in [5, 5.41) is 19.8. The third kappa shape index (κ3) is 5.31. The van der Waals surface area contributed by atoms with Crippen LogP contribution < -0.4 is 5.32 Å². The van der Waals surface area contributed by atoms with Crippen LogP contribution in [0.25, 0.3) is 6.08 Å². The first-order chi connectivity index (χ1) is 8.49. The lowest BCUT2D eigenvalue weighted by Crippen LogP contribution is -2.28. The Morgan fingerprint density at radius 2 is 2.22 bits per heavy atom. The Balaban J connectivity index is 2.30. The van der Waals surface area contributed by atoms with Crippen LogP contribution in [0, 0.1) is 0 Å². The van der Waals surface area contributed by atoms with Crippen LogP contribution in [-0.2, 0) is 9.59 Å². The van der Waals surface area contributed by atoms with Crippen molar-refractivity contribution in [2.24, 2.45) is 0 Å². The van der Waals surface area contributed by atoms with Crippen molar-refractivity contribution in [2.75, 3.05) is 6.54 Å². The molecule has 1 amide bonds. The maximum absolute atomic E-state index is 11.3. The Bertz CT molecular complexity index is 458. The minimum atomic E-state index is -1.45. The second-order valence-corrected chi connectivity index (χ2v) is 5.16. The van der Waals surface area contributed by atoms with E-state index in [0.717, 1.165) is 4.88 Å². The molecule has 1 rings (SSSR count). The normalized spacial score (nSPS) is 12.6. The van der Waals surface area contributed by atoms with Crippen molar-refractivity contribution in [2.45, 2.75) is 12.5 Å². The van der Waals surface area contributed by atoms with Gasteiger partial charge in [-0.15, -0.1) is 11.3 Å². The third-order valence-electron chi connectivity index (χ3n) is 2.00. The number of thiophene rings is 1. The van der Waals surface area contributed by atoms with Gasteiger partial charge in [-0.3, -0.25) is 4.79 Å². The summed E-state index contributed by atoms with van der Waals surface area (Å²) in [4.78, 5) is 22.5. The first kappa shape index (κ1) is 14.7. The Morgan fingerprint density at radius 3 is 2.78 bits per heavy atom. The van der Waals surface area contributed by atoms with Gasteiger partial charge in [0.15, 0.2) is 6.10 Å². The van der Waals surface area contributed by atoms with Crippen LogP contribution in [0.4, 0.5) is 0 Å². The van der Waals surface area contributed by atoms with Crippen LogP contribution in [0.3, 0.4) is 0 Å². The number of carbonyl (C=O) groups is 2. The van der Waals surface area contributed by atoms with Crippen LogP contribution in [0.15, 0.2) is 18.2 Å². The van der Waals surface area contributed by atoms with Crippen LogP contribution in [0.5, 0.6) is 0 Å². The van der Waals surface area contributed by atoms with E-state index in [4.69, 9.17) is 21.8 Å². The number of aliphatic hydroxyl groups excluding tert-OH is 1. The number of hydrogen-bond acceptors (Lipinski definition) is 4. The average molecular weight is 290 g/mol. The molecule has 98 valence electrons. The maximum atomic E-state index is 11.3. The largest absolute Gasteiger partial charge is 0.479 e. The molecule has 0 fully saturated rings. The Labute approximate surface area is 113 Å². The maximum Gasteiger partial charge on any atom is 0.332 e. The van der Waals surface area contributed by atoms with Gasteiger partial charge in [-0.2, -0.15) is 0 Å². The van der Waals surface area contributed by atoms with E-state index in [9.17, 15) is 9.59 Å². The standard InChI is InChI=1S/C11H12ClNO4S/c12-9-3-1-7(18-9)2-4-10(15)13-6-5-8(14)11(16)17/h1-4,8,14H,5-6H2,(H,13,15)(H,16,17)/b4-2+. The first-order valence-electron chi connectivity index (χ1n) is 5.11. The molecule has 1 heterocycles. The summed E-state index contributed by atoms with van der Waals surface area (Å²) in [6.45, 7) is 0.0990. The van der Waals surface area contributed by atoms with Gasteiger partial charge < -0.3 is 15.5 Å². The van der Waals surface area contributed by atoms with Gasteiger partial charge in [-0.05, 0) is 18.2 Å². The number of aliphatic hydroxyl groups is 1. The summed E-state index contributed by atoms with van der Waals surface area (Å²) in [7, 11) is 0. The van der Waals surface area contributed by atoms with Crippen molar-refractivity contribution in [3.05, 3.63) is 27.4 Å². The molecule has 18 heavy (non-hydrogen) atoms. The highest BCUT2D eigenvalue weighted by molar-refractivity contribution is 7.17. The average Bonchev–Trinajstić information content (AvgIpc) is 2.72. The smallest absolute Gasteiger partial charge is 0.332 e. The minimum Gasteiger partial charge on any atom is -0.479 e. The van der Waals surface area contributed by atoms with E-state index in [2.05, 4.69) is 5.32 Å². The van der Waals surface area contributed by atoms with Crippen LogP contribution >= 0.6 is 22.9 Å². The molecule has 0 spiro atoms. The zero-order valence-electron chi connectivity index (χ0n) is 9.30. The number of amides is 1. The van der Waals surface area contributed by atoms with Crippen LogP contribution in [0.1, 0.15) is 11.3 Å². The predicted molar refractivity (Wildman–Crippen MR) is 69.6 cm³/mol. The van der Waals surface area contributed by atoms with E-state index >= 15 is 0 Å². The Hall–Kier alpha value is -1.37. The third-order valence-corrected chi connectivity index (χ3v) is 3.19. The van der Waals surface area contributed by atoms with E-state index in [0.29, 0.717) is 4.34 Å². The fourth-order valence-corrected chi connectivity index (χ4v) is 2.05. The van der Waals surface area contributed by atoms with Crippen molar-refractivity contribution in [1.29, 1.82) is 0 Å². The fraction of sp³-hybridized carbons (Fsp3) is 0.273. The molecule has 1 unspecified atom stereocenters. The lowest BCUT2D eigenvalue weighted by molar-refractivity contribution is -0.147. The SMILES string of the molecule is O=C(/C=C/c1ccc(Cl)s1)NCCC(O)C(=O)O. The van der Waals surface area contributed by atoms with E-state index < -0.39 is 12.1 Å². The monoisotopic (exact) mass is 289 g/mol. The van der Waals surface area contributed by atoms with Crippen molar-refractivity contribution in [3.8, 4) is 0 Å². The van der Waals surface area contributed by atoms with Crippen molar-refractivity contribution >= 4 is 40.9 Å². The van der Waals surface area contributed by atoms with E-state index in [1.807, 2.05) is 0 Å². The molecule has 7 heteroatoms. The molecule has 0 aliphatic rings. The van der Waals surface area contributed by atoms with Gasteiger partial charge in [0.25, 0.3) is 0 Å². The molecule has 0 saturated heterocycles. The first-order valence-corrected chi connectivity index (χ1v) is 6.30. The highest BCUT2D eigenvalue weighted by Crippen LogP contribution is 2.22. The van der Waals surface area contributed by atoms with Gasteiger partial charge >= 0.3 is 5.97 Å². The number of carboxylic acids is 1. The zero-order valence-corrected chi connectivity index (χ0v) is 10.9. The Morgan fingerprint density at radius 1 is 1.50 bits per heavy atom. The predicted octanol–water partition coefficient (Wildman–Crippen LogP) is 1.37. The highest BCUT2D eigenvalue weighted by atomic mass is 35.5. The summed E-state index contributed by atoms with van der Waals surface area (Å²) in [5.74, 6) is -1.65. The summed E-state index contributed by atoms with van der Waals surface area (Å²) in [6, 6.07) is 3.51. The van der Waals surface area contributed by atoms with E-state index in [1.54, 1.807) is 18.2 Å². The molecular formula is C11H12ClNO4S. The summed E-state index contributed by atoms with van der Waals surface area (Å²) in [5.41, 5.74) is 0. The molecule has 0 saturated carbocycles. The molecule has 0 aliphatic heterocycles. The van der Waals surface area contributed by atoms with Crippen molar-refractivity contribution in [1.82, 2.24) is 5.32 Å². The number of carbonyl (C=O) groups excluding carboxylic acids is 1. The van der Waals surface area contributed by atoms with Crippen molar-refractivity contribution < 1.29 is 19.8 Å². The molecular weight excluding hydrogens is 278 g/mol. The van der Waals surface area contributed by atoms with Gasteiger partial charge in [0.2, 0.25) is 5.91 Å². The van der Waals surface area contributed by atoms with Gasteiger partial charge in [0, 0.05) is 23.9 Å². The molecule has 0 bridgehead atoms. The summed E-state index contributed by atoms with van der Waals surface area (Å²) < 4.78 is 0.639. The zero-order chi connectivity index (χ0) is 13.5. The van der Waals surface area contributed by atoms with Gasteiger partial charge in [-0.25, -0.2) is 4.79 Å². The second-order valence-electron chi connectivity index (χ2n) is 3.41. The van der Waals surface area contributed by atoms with Gasteiger partial charge in [0.1, 0.15) is 0 Å². The van der Waals surface area contributed by atoms with Crippen LogP contribution in [0.2, 0.25) is 4.34 Å². The summed E-state index contributed by atoms with van der Waals surface area (Å²) in [6.07, 6.45) is 1.46. The quantitative estimate of drug-likeness (QED) is 0.690. The molecule has 3 N–H and O–H groups in total. The fourth-order valence-electron chi connectivity index (χ4n) is 1.09. The summed E-state index contributed by atoms with van der Waals surface area (Å²) >= 11 is 7.07. The molecule has 1 aromatic rings. The number of carboxylic acid groups (broad SMARTS) is 1. The lowest BCUT2D eigenvalue weighted by atomic mass is 10.2. The number of halogens is 1. The molecule has 1 aromatic heterocycles. The van der Waals surface area contributed by atoms with Gasteiger partial charge in [-0.1, -0.05) is 11.6 Å². The molecule has 0 aliphatic carbocycles. The molecule has 5 nitrogen and oxygen atoms in total. The lowest BCUT2D eigenvalue weighted by Gasteiger charge is -2.05. The topological polar surface area (TPSA) is 86.6 Å².